The smallest absolute Gasteiger partial charge is 0.351 e. The molecule has 0 radical (unpaired) electrons. The normalized spacial score (nSPS) is 16.9. The van der Waals surface area contributed by atoms with E-state index in [0.29, 0.717) is 29.5 Å². The number of halogens is 4. The van der Waals surface area contributed by atoms with E-state index in [0.717, 1.165) is 28.7 Å². The molecule has 2 aromatic carbocycles. The zero-order chi connectivity index (χ0) is 25.2. The maximum absolute atomic E-state index is 13.2. The van der Waals surface area contributed by atoms with E-state index in [1.807, 2.05) is 0 Å². The maximum Gasteiger partial charge on any atom is 0.433 e. The van der Waals surface area contributed by atoms with Crippen LogP contribution in [-0.2, 0) is 27.5 Å². The van der Waals surface area contributed by atoms with Gasteiger partial charge in [-0.25, -0.2) is 12.8 Å². The number of aromatic nitrogens is 1. The second kappa shape index (κ2) is 9.74. The van der Waals surface area contributed by atoms with Gasteiger partial charge in [0, 0.05) is 24.8 Å². The van der Waals surface area contributed by atoms with Gasteiger partial charge in [0.2, 0.25) is 15.9 Å². The lowest BCUT2D eigenvalue weighted by Gasteiger charge is -2.23. The quantitative estimate of drug-likeness (QED) is 0.503. The van der Waals surface area contributed by atoms with Crippen LogP contribution in [0.25, 0.3) is 11.1 Å². The first-order valence-corrected chi connectivity index (χ1v) is 12.2. The molecule has 0 saturated carbocycles. The number of hydrogen-bond donors (Lipinski definition) is 1. The number of carbonyl (C=O) groups excluding carboxylic acids is 1. The van der Waals surface area contributed by atoms with Gasteiger partial charge in [-0.15, -0.1) is 0 Å². The number of carbonyl (C=O) groups is 1. The standard InChI is InChI=1S/C24H21F4N3O3S/c25-19-7-9-20(10-8-19)35(33,34)31-12-2-5-21(31)23(32)30-14-16-3-1-4-17(13-16)18-6-11-22(29-15-18)24(26,27)28/h1,3-4,6-11,13,15,21H,2,5,12,14H2,(H,30,32)/t21-/m0/s1. The third kappa shape index (κ3) is 5.51. The highest BCUT2D eigenvalue weighted by Crippen LogP contribution is 2.29. The molecule has 11 heteroatoms. The lowest BCUT2D eigenvalue weighted by molar-refractivity contribution is -0.141. The van der Waals surface area contributed by atoms with Crippen molar-refractivity contribution < 1.29 is 30.8 Å². The van der Waals surface area contributed by atoms with E-state index in [9.17, 15) is 30.8 Å². The molecule has 0 bridgehead atoms. The second-order valence-corrected chi connectivity index (χ2v) is 9.97. The topological polar surface area (TPSA) is 79.4 Å². The Hall–Kier alpha value is -3.31. The zero-order valence-electron chi connectivity index (χ0n) is 18.3. The van der Waals surface area contributed by atoms with Crippen LogP contribution in [0.4, 0.5) is 17.6 Å². The van der Waals surface area contributed by atoms with Crippen molar-refractivity contribution in [2.45, 2.75) is 36.5 Å². The van der Waals surface area contributed by atoms with Crippen molar-refractivity contribution in [1.82, 2.24) is 14.6 Å². The average Bonchev–Trinajstić information content (AvgIpc) is 3.34. The van der Waals surface area contributed by atoms with Crippen molar-refractivity contribution in [3.63, 3.8) is 0 Å². The largest absolute Gasteiger partial charge is 0.433 e. The SMILES string of the molecule is O=C(NCc1cccc(-c2ccc(C(F)(F)F)nc2)c1)[C@@H]1CCCN1S(=O)(=O)c1ccc(F)cc1. The number of hydrogen-bond acceptors (Lipinski definition) is 4. The molecular weight excluding hydrogens is 486 g/mol. The van der Waals surface area contributed by atoms with E-state index in [4.69, 9.17) is 0 Å². The Balaban J connectivity index is 1.44. The Morgan fingerprint density at radius 1 is 1.06 bits per heavy atom. The van der Waals surface area contributed by atoms with Crippen LogP contribution in [-0.4, -0.2) is 36.2 Å². The third-order valence-corrected chi connectivity index (χ3v) is 7.63. The molecule has 1 atom stereocenters. The van der Waals surface area contributed by atoms with E-state index in [2.05, 4.69) is 10.3 Å². The molecular formula is C24H21F4N3O3S. The summed E-state index contributed by atoms with van der Waals surface area (Å²) in [6.07, 6.45) is -2.53. The number of sulfonamides is 1. The Bertz CT molecular complexity index is 1310. The van der Waals surface area contributed by atoms with Gasteiger partial charge in [0.1, 0.15) is 17.6 Å². The van der Waals surface area contributed by atoms with Crippen LogP contribution in [0.1, 0.15) is 24.1 Å². The highest BCUT2D eigenvalue weighted by molar-refractivity contribution is 7.89. The molecule has 184 valence electrons. The van der Waals surface area contributed by atoms with Crippen LogP contribution in [0.5, 0.6) is 0 Å². The Labute approximate surface area is 199 Å². The summed E-state index contributed by atoms with van der Waals surface area (Å²) >= 11 is 0. The number of amides is 1. The van der Waals surface area contributed by atoms with Gasteiger partial charge in [-0.05, 0) is 60.4 Å². The lowest BCUT2D eigenvalue weighted by Crippen LogP contribution is -2.45. The molecule has 6 nitrogen and oxygen atoms in total. The molecule has 1 fully saturated rings. The molecule has 1 amide bonds. The highest BCUT2D eigenvalue weighted by atomic mass is 32.2. The fourth-order valence-corrected chi connectivity index (χ4v) is 5.59. The minimum absolute atomic E-state index is 0.0866. The molecule has 1 aliphatic rings. The van der Waals surface area contributed by atoms with Crippen LogP contribution in [0.3, 0.4) is 0 Å². The molecule has 1 N–H and O–H groups in total. The molecule has 0 unspecified atom stereocenters. The number of pyridine rings is 1. The summed E-state index contributed by atoms with van der Waals surface area (Å²) in [4.78, 5) is 16.2. The molecule has 3 aromatic rings. The van der Waals surface area contributed by atoms with E-state index in [1.165, 1.54) is 18.2 Å². The van der Waals surface area contributed by atoms with Crippen molar-refractivity contribution in [2.24, 2.45) is 0 Å². The van der Waals surface area contributed by atoms with Crippen LogP contribution in [0.2, 0.25) is 0 Å². The monoisotopic (exact) mass is 507 g/mol. The molecule has 1 aromatic heterocycles. The Kier molecular flexibility index (Phi) is 6.91. The van der Waals surface area contributed by atoms with E-state index in [-0.39, 0.29) is 18.0 Å². The van der Waals surface area contributed by atoms with Gasteiger partial charge in [-0.1, -0.05) is 24.3 Å². The third-order valence-electron chi connectivity index (χ3n) is 5.71. The summed E-state index contributed by atoms with van der Waals surface area (Å²) in [7, 11) is -3.97. The number of nitrogens with zero attached hydrogens (tertiary/aromatic N) is 2. The summed E-state index contributed by atoms with van der Waals surface area (Å²) in [5.41, 5.74) is 0.806. The number of nitrogens with one attached hydrogen (secondary N) is 1. The van der Waals surface area contributed by atoms with Crippen molar-refractivity contribution >= 4 is 15.9 Å². The first-order valence-electron chi connectivity index (χ1n) is 10.7. The van der Waals surface area contributed by atoms with Crippen LogP contribution in [0.15, 0.2) is 71.8 Å². The first kappa shape index (κ1) is 24.8. The average molecular weight is 508 g/mol. The lowest BCUT2D eigenvalue weighted by atomic mass is 10.0. The zero-order valence-corrected chi connectivity index (χ0v) is 19.1. The summed E-state index contributed by atoms with van der Waals surface area (Å²) in [5, 5.41) is 2.74. The minimum atomic E-state index is -4.52. The molecule has 35 heavy (non-hydrogen) atoms. The van der Waals surface area contributed by atoms with E-state index in [1.54, 1.807) is 24.3 Å². The second-order valence-electron chi connectivity index (χ2n) is 8.08. The molecule has 2 heterocycles. The van der Waals surface area contributed by atoms with Crippen LogP contribution < -0.4 is 5.32 Å². The maximum atomic E-state index is 13.2. The summed E-state index contributed by atoms with van der Waals surface area (Å²) < 4.78 is 78.5. The Morgan fingerprint density at radius 2 is 1.80 bits per heavy atom. The fourth-order valence-electron chi connectivity index (χ4n) is 3.93. The summed E-state index contributed by atoms with van der Waals surface area (Å²) in [6.45, 7) is 0.274. The number of benzene rings is 2. The van der Waals surface area contributed by atoms with Gasteiger partial charge in [-0.2, -0.15) is 17.5 Å². The van der Waals surface area contributed by atoms with Gasteiger partial charge >= 0.3 is 6.18 Å². The van der Waals surface area contributed by atoms with Crippen molar-refractivity contribution in [1.29, 1.82) is 0 Å². The molecule has 1 aliphatic heterocycles. The predicted octanol–water partition coefficient (Wildman–Crippen LogP) is 4.38. The van der Waals surface area contributed by atoms with Gasteiger partial charge in [0.15, 0.2) is 0 Å². The summed E-state index contributed by atoms with van der Waals surface area (Å²) in [5.74, 6) is -1.02. The summed E-state index contributed by atoms with van der Waals surface area (Å²) in [6, 6.07) is 12.6. The fraction of sp³-hybridized carbons (Fsp3) is 0.250. The van der Waals surface area contributed by atoms with Crippen LogP contribution in [0, 0.1) is 5.82 Å². The number of alkyl halides is 3. The molecule has 0 spiro atoms. The predicted molar refractivity (Wildman–Crippen MR) is 120 cm³/mol. The van der Waals surface area contributed by atoms with Gasteiger partial charge in [-0.3, -0.25) is 9.78 Å². The molecule has 1 saturated heterocycles. The van der Waals surface area contributed by atoms with Crippen LogP contribution >= 0.6 is 0 Å². The first-order chi connectivity index (χ1) is 16.6. The van der Waals surface area contributed by atoms with Crippen molar-refractivity contribution in [3.05, 3.63) is 83.9 Å². The van der Waals surface area contributed by atoms with Gasteiger partial charge in [0.05, 0.1) is 4.90 Å². The minimum Gasteiger partial charge on any atom is -0.351 e. The highest BCUT2D eigenvalue weighted by Gasteiger charge is 2.39. The van der Waals surface area contributed by atoms with E-state index >= 15 is 0 Å². The van der Waals surface area contributed by atoms with Gasteiger partial charge in [0.25, 0.3) is 0 Å². The van der Waals surface area contributed by atoms with E-state index < -0.39 is 39.7 Å². The number of rotatable bonds is 6. The molecule has 4 rings (SSSR count). The molecule has 0 aliphatic carbocycles. The Morgan fingerprint density at radius 3 is 2.46 bits per heavy atom. The van der Waals surface area contributed by atoms with Crippen molar-refractivity contribution in [3.8, 4) is 11.1 Å². The van der Waals surface area contributed by atoms with Gasteiger partial charge < -0.3 is 5.32 Å². The van der Waals surface area contributed by atoms with Crippen molar-refractivity contribution in [2.75, 3.05) is 6.54 Å².